The molecule has 0 atom stereocenters. The second-order valence-corrected chi connectivity index (χ2v) is 6.45. The third-order valence-electron chi connectivity index (χ3n) is 4.23. The lowest BCUT2D eigenvalue weighted by molar-refractivity contribution is 0.0734. The largest absolute Gasteiger partial charge is 0.350 e. The molecule has 1 heterocycles. The van der Waals surface area contributed by atoms with Crippen LogP contribution in [0.4, 0.5) is 0 Å². The second kappa shape index (κ2) is 6.87. The average Bonchev–Trinajstić information content (AvgIpc) is 2.60. The molecule has 2 aromatic rings. The van der Waals surface area contributed by atoms with Crippen molar-refractivity contribution in [2.24, 2.45) is 0 Å². The highest BCUT2D eigenvalue weighted by Gasteiger charge is 2.21. The van der Waals surface area contributed by atoms with Crippen LogP contribution in [0.25, 0.3) is 0 Å². The van der Waals surface area contributed by atoms with E-state index in [-0.39, 0.29) is 17.9 Å². The first-order chi connectivity index (χ1) is 11.5. The summed E-state index contributed by atoms with van der Waals surface area (Å²) in [6, 6.07) is 15.2. The summed E-state index contributed by atoms with van der Waals surface area (Å²) < 4.78 is 0. The molecular weight excluding hydrogens is 300 g/mol. The van der Waals surface area contributed by atoms with Gasteiger partial charge in [-0.3, -0.25) is 9.59 Å². The molecule has 24 heavy (non-hydrogen) atoms. The van der Waals surface area contributed by atoms with Crippen LogP contribution < -0.4 is 5.32 Å². The predicted molar refractivity (Wildman–Crippen MR) is 93.9 cm³/mol. The molecule has 1 N–H and O–H groups in total. The van der Waals surface area contributed by atoms with E-state index in [1.54, 1.807) is 24.3 Å². The molecule has 0 aliphatic carbocycles. The maximum absolute atomic E-state index is 12.7. The number of benzene rings is 2. The van der Waals surface area contributed by atoms with Crippen LogP contribution in [0.1, 0.15) is 45.7 Å². The van der Waals surface area contributed by atoms with Gasteiger partial charge in [-0.2, -0.15) is 0 Å². The molecule has 0 spiro atoms. The van der Waals surface area contributed by atoms with E-state index in [4.69, 9.17) is 0 Å². The third-order valence-corrected chi connectivity index (χ3v) is 4.23. The highest BCUT2D eigenvalue weighted by molar-refractivity contribution is 5.98. The number of nitrogens with zero attached hydrogens (tertiary/aromatic N) is 1. The summed E-state index contributed by atoms with van der Waals surface area (Å²) in [4.78, 5) is 26.5. The van der Waals surface area contributed by atoms with Crippen LogP contribution in [-0.4, -0.2) is 29.3 Å². The summed E-state index contributed by atoms with van der Waals surface area (Å²) in [6.45, 7) is 5.21. The maximum atomic E-state index is 12.7. The number of carbonyl (C=O) groups excluding carboxylic acids is 2. The van der Waals surface area contributed by atoms with Crippen molar-refractivity contribution in [3.05, 3.63) is 70.8 Å². The SMILES string of the molecule is CC(C)NC(=O)c1ccc(C(=O)N2CCc3ccccc3C2)cc1. The van der Waals surface area contributed by atoms with Gasteiger partial charge in [-0.15, -0.1) is 0 Å². The zero-order valence-corrected chi connectivity index (χ0v) is 14.1. The smallest absolute Gasteiger partial charge is 0.254 e. The first-order valence-electron chi connectivity index (χ1n) is 8.31. The summed E-state index contributed by atoms with van der Waals surface area (Å²) in [5, 5.41) is 2.85. The first-order valence-corrected chi connectivity index (χ1v) is 8.31. The number of hydrogen-bond donors (Lipinski definition) is 1. The highest BCUT2D eigenvalue weighted by atomic mass is 16.2. The van der Waals surface area contributed by atoms with Crippen molar-refractivity contribution in [2.75, 3.05) is 6.54 Å². The van der Waals surface area contributed by atoms with E-state index in [0.29, 0.717) is 17.7 Å². The summed E-state index contributed by atoms with van der Waals surface area (Å²) in [6.07, 6.45) is 0.886. The normalized spacial score (nSPS) is 13.5. The van der Waals surface area contributed by atoms with Gasteiger partial charge < -0.3 is 10.2 Å². The van der Waals surface area contributed by atoms with Crippen LogP contribution in [0.5, 0.6) is 0 Å². The number of nitrogens with one attached hydrogen (secondary N) is 1. The first kappa shape index (κ1) is 16.2. The van der Waals surface area contributed by atoms with E-state index in [1.807, 2.05) is 30.9 Å². The molecule has 4 heteroatoms. The van der Waals surface area contributed by atoms with E-state index >= 15 is 0 Å². The van der Waals surface area contributed by atoms with Crippen LogP contribution in [0, 0.1) is 0 Å². The Bertz CT molecular complexity index is 750. The molecule has 2 amide bonds. The summed E-state index contributed by atoms with van der Waals surface area (Å²) >= 11 is 0. The Kier molecular flexibility index (Phi) is 4.65. The van der Waals surface area contributed by atoms with E-state index in [9.17, 15) is 9.59 Å². The molecule has 1 aliphatic rings. The summed E-state index contributed by atoms with van der Waals surface area (Å²) in [5.74, 6) is -0.101. The molecule has 0 aromatic heterocycles. The van der Waals surface area contributed by atoms with Crippen molar-refractivity contribution in [2.45, 2.75) is 32.9 Å². The maximum Gasteiger partial charge on any atom is 0.254 e. The van der Waals surface area contributed by atoms with Gasteiger partial charge in [0.05, 0.1) is 0 Å². The average molecular weight is 322 g/mol. The van der Waals surface area contributed by atoms with Crippen molar-refractivity contribution < 1.29 is 9.59 Å². The molecule has 3 rings (SSSR count). The van der Waals surface area contributed by atoms with Crippen molar-refractivity contribution in [1.82, 2.24) is 10.2 Å². The standard InChI is InChI=1S/C20H22N2O2/c1-14(2)21-19(23)16-7-9-17(10-8-16)20(24)22-12-11-15-5-3-4-6-18(15)13-22/h3-10,14H,11-13H2,1-2H3,(H,21,23). The zero-order chi connectivity index (χ0) is 17.1. The van der Waals surface area contributed by atoms with Crippen LogP contribution in [0.3, 0.4) is 0 Å². The van der Waals surface area contributed by atoms with E-state index in [2.05, 4.69) is 17.4 Å². The van der Waals surface area contributed by atoms with Gasteiger partial charge in [-0.05, 0) is 55.7 Å². The van der Waals surface area contributed by atoms with Crippen LogP contribution in [-0.2, 0) is 13.0 Å². The Labute approximate surface area is 142 Å². The Balaban J connectivity index is 1.71. The van der Waals surface area contributed by atoms with Crippen molar-refractivity contribution in [3.63, 3.8) is 0 Å². The highest BCUT2D eigenvalue weighted by Crippen LogP contribution is 2.20. The molecule has 124 valence electrons. The van der Waals surface area contributed by atoms with Gasteiger partial charge in [-0.25, -0.2) is 0 Å². The van der Waals surface area contributed by atoms with Crippen LogP contribution >= 0.6 is 0 Å². The lowest BCUT2D eigenvalue weighted by Crippen LogP contribution is -2.36. The van der Waals surface area contributed by atoms with E-state index in [1.165, 1.54) is 11.1 Å². The monoisotopic (exact) mass is 322 g/mol. The molecule has 0 saturated carbocycles. The number of amides is 2. The number of rotatable bonds is 3. The quantitative estimate of drug-likeness (QED) is 0.944. The van der Waals surface area contributed by atoms with Gasteiger partial charge in [0.1, 0.15) is 0 Å². The van der Waals surface area contributed by atoms with Gasteiger partial charge in [0.2, 0.25) is 0 Å². The van der Waals surface area contributed by atoms with Crippen molar-refractivity contribution >= 4 is 11.8 Å². The minimum absolute atomic E-state index is 0.0142. The van der Waals surface area contributed by atoms with Gasteiger partial charge in [-0.1, -0.05) is 24.3 Å². The molecule has 1 aliphatic heterocycles. The predicted octanol–water partition coefficient (Wildman–Crippen LogP) is 3.02. The molecule has 0 radical (unpaired) electrons. The lowest BCUT2D eigenvalue weighted by Gasteiger charge is -2.29. The van der Waals surface area contributed by atoms with Gasteiger partial charge in [0.25, 0.3) is 11.8 Å². The van der Waals surface area contributed by atoms with Crippen LogP contribution in [0.15, 0.2) is 48.5 Å². The summed E-state index contributed by atoms with van der Waals surface area (Å²) in [5.41, 5.74) is 3.73. The molecule has 0 bridgehead atoms. The van der Waals surface area contributed by atoms with Crippen molar-refractivity contribution in [1.29, 1.82) is 0 Å². The van der Waals surface area contributed by atoms with E-state index < -0.39 is 0 Å². The molecule has 0 saturated heterocycles. The minimum Gasteiger partial charge on any atom is -0.350 e. The molecular formula is C20H22N2O2. The fourth-order valence-electron chi connectivity index (χ4n) is 2.96. The minimum atomic E-state index is -0.115. The number of hydrogen-bond acceptors (Lipinski definition) is 2. The molecule has 0 fully saturated rings. The Hall–Kier alpha value is -2.62. The fourth-order valence-corrected chi connectivity index (χ4v) is 2.96. The Morgan fingerprint density at radius 3 is 2.25 bits per heavy atom. The van der Waals surface area contributed by atoms with Gasteiger partial charge >= 0.3 is 0 Å². The fraction of sp³-hybridized carbons (Fsp3) is 0.300. The third kappa shape index (κ3) is 3.48. The molecule has 0 unspecified atom stereocenters. The second-order valence-electron chi connectivity index (χ2n) is 6.45. The molecule has 4 nitrogen and oxygen atoms in total. The van der Waals surface area contributed by atoms with Gasteiger partial charge in [0, 0.05) is 30.3 Å². The van der Waals surface area contributed by atoms with Gasteiger partial charge in [0.15, 0.2) is 0 Å². The summed E-state index contributed by atoms with van der Waals surface area (Å²) in [7, 11) is 0. The Morgan fingerprint density at radius 2 is 1.58 bits per heavy atom. The number of carbonyl (C=O) groups is 2. The lowest BCUT2D eigenvalue weighted by atomic mass is 9.99. The number of fused-ring (bicyclic) bond motifs is 1. The van der Waals surface area contributed by atoms with Crippen molar-refractivity contribution in [3.8, 4) is 0 Å². The zero-order valence-electron chi connectivity index (χ0n) is 14.1. The Morgan fingerprint density at radius 1 is 0.958 bits per heavy atom. The topological polar surface area (TPSA) is 49.4 Å². The van der Waals surface area contributed by atoms with E-state index in [0.717, 1.165) is 13.0 Å². The van der Waals surface area contributed by atoms with Crippen LogP contribution in [0.2, 0.25) is 0 Å². The molecule has 2 aromatic carbocycles.